The summed E-state index contributed by atoms with van der Waals surface area (Å²) in [4.78, 5) is 0. The average Bonchev–Trinajstić information content (AvgIpc) is 2.84. The van der Waals surface area contributed by atoms with E-state index in [1.807, 2.05) is 31.3 Å². The molecule has 2 nitrogen and oxygen atoms in total. The highest BCUT2D eigenvalue weighted by molar-refractivity contribution is 14.1. The van der Waals surface area contributed by atoms with Crippen molar-refractivity contribution < 1.29 is 4.42 Å². The summed E-state index contributed by atoms with van der Waals surface area (Å²) in [5.41, 5.74) is 2.04. The topological polar surface area (TPSA) is 25.2 Å². The van der Waals surface area contributed by atoms with Crippen LogP contribution in [0.1, 0.15) is 17.4 Å². The maximum Gasteiger partial charge on any atom is 0.134 e. The van der Waals surface area contributed by atoms with Gasteiger partial charge in [-0.25, -0.2) is 0 Å². The van der Waals surface area contributed by atoms with Gasteiger partial charge in [0.2, 0.25) is 0 Å². The van der Waals surface area contributed by atoms with E-state index in [2.05, 4.69) is 52.2 Å². The summed E-state index contributed by atoms with van der Waals surface area (Å²) in [5, 5.41) is 5.05. The number of hydrogen-bond acceptors (Lipinski definition) is 2. The molecule has 3 rings (SSSR count). The summed E-state index contributed by atoms with van der Waals surface area (Å²) in [6.45, 7) is 0. The van der Waals surface area contributed by atoms with Crippen LogP contribution in [0.5, 0.6) is 0 Å². The zero-order chi connectivity index (χ0) is 14.1. The lowest BCUT2D eigenvalue weighted by Crippen LogP contribution is -2.16. The molecule has 1 aromatic heterocycles. The van der Waals surface area contributed by atoms with Crippen LogP contribution >= 0.6 is 34.2 Å². The SMILES string of the molecule is CNC(c1ccc(I)cc1)c1cc2cc(Cl)ccc2o1. The first-order valence-electron chi connectivity index (χ1n) is 6.29. The van der Waals surface area contributed by atoms with Crippen LogP contribution in [0.25, 0.3) is 11.0 Å². The van der Waals surface area contributed by atoms with E-state index < -0.39 is 0 Å². The zero-order valence-corrected chi connectivity index (χ0v) is 13.8. The molecular weight excluding hydrogens is 385 g/mol. The third-order valence-electron chi connectivity index (χ3n) is 3.27. The Labute approximate surface area is 136 Å². The molecule has 2 aromatic carbocycles. The van der Waals surface area contributed by atoms with Crippen molar-refractivity contribution in [3.63, 3.8) is 0 Å². The highest BCUT2D eigenvalue weighted by Crippen LogP contribution is 2.29. The Morgan fingerprint density at radius 2 is 1.85 bits per heavy atom. The van der Waals surface area contributed by atoms with Gasteiger partial charge in [0.25, 0.3) is 0 Å². The highest BCUT2D eigenvalue weighted by Gasteiger charge is 2.16. The third-order valence-corrected chi connectivity index (χ3v) is 4.23. The lowest BCUT2D eigenvalue weighted by molar-refractivity contribution is 0.491. The number of hydrogen-bond donors (Lipinski definition) is 1. The van der Waals surface area contributed by atoms with Crippen molar-refractivity contribution in [3.8, 4) is 0 Å². The minimum Gasteiger partial charge on any atom is -0.459 e. The van der Waals surface area contributed by atoms with Crippen LogP contribution in [0.2, 0.25) is 5.02 Å². The maximum atomic E-state index is 6.02. The minimum atomic E-state index is 0.0400. The third kappa shape index (κ3) is 2.71. The maximum absolute atomic E-state index is 6.02. The fourth-order valence-corrected chi connectivity index (χ4v) is 2.85. The molecule has 0 fully saturated rings. The molecule has 1 unspecified atom stereocenters. The number of benzene rings is 2. The van der Waals surface area contributed by atoms with Gasteiger partial charge in [0, 0.05) is 14.0 Å². The molecule has 0 radical (unpaired) electrons. The van der Waals surface area contributed by atoms with Gasteiger partial charge < -0.3 is 9.73 Å². The zero-order valence-electron chi connectivity index (χ0n) is 10.9. The molecule has 102 valence electrons. The summed E-state index contributed by atoms with van der Waals surface area (Å²) in [6, 6.07) is 16.2. The number of fused-ring (bicyclic) bond motifs is 1. The number of halogens is 2. The van der Waals surface area contributed by atoms with Gasteiger partial charge in [0.1, 0.15) is 11.3 Å². The van der Waals surface area contributed by atoms with Gasteiger partial charge in [0.05, 0.1) is 6.04 Å². The van der Waals surface area contributed by atoms with E-state index in [1.54, 1.807) is 0 Å². The van der Waals surface area contributed by atoms with Crippen LogP contribution in [0, 0.1) is 3.57 Å². The van der Waals surface area contributed by atoms with Crippen molar-refractivity contribution in [2.24, 2.45) is 0 Å². The van der Waals surface area contributed by atoms with Gasteiger partial charge in [0.15, 0.2) is 0 Å². The second-order valence-corrected chi connectivity index (χ2v) is 6.29. The minimum absolute atomic E-state index is 0.0400. The lowest BCUT2D eigenvalue weighted by atomic mass is 10.0. The molecule has 3 aromatic rings. The Morgan fingerprint density at radius 3 is 2.55 bits per heavy atom. The summed E-state index contributed by atoms with van der Waals surface area (Å²) in [7, 11) is 1.93. The molecule has 0 aliphatic heterocycles. The van der Waals surface area contributed by atoms with Crippen LogP contribution in [0.15, 0.2) is 52.9 Å². The first-order chi connectivity index (χ1) is 9.67. The predicted octanol–water partition coefficient (Wildman–Crippen LogP) is 5.00. The Balaban J connectivity index is 2.04. The molecule has 0 saturated heterocycles. The van der Waals surface area contributed by atoms with Crippen molar-refractivity contribution in [2.45, 2.75) is 6.04 Å². The van der Waals surface area contributed by atoms with Gasteiger partial charge in [-0.1, -0.05) is 23.7 Å². The molecule has 0 bridgehead atoms. The summed E-state index contributed by atoms with van der Waals surface area (Å²) in [6.07, 6.45) is 0. The Morgan fingerprint density at radius 1 is 1.10 bits per heavy atom. The second kappa shape index (κ2) is 5.76. The van der Waals surface area contributed by atoms with E-state index >= 15 is 0 Å². The quantitative estimate of drug-likeness (QED) is 0.629. The molecular formula is C16H13ClINO. The first-order valence-corrected chi connectivity index (χ1v) is 7.75. The Hall–Kier alpha value is -1.04. The van der Waals surface area contributed by atoms with Crippen molar-refractivity contribution in [3.05, 3.63) is 68.4 Å². The highest BCUT2D eigenvalue weighted by atomic mass is 127. The van der Waals surface area contributed by atoms with E-state index in [9.17, 15) is 0 Å². The van der Waals surface area contributed by atoms with Crippen molar-refractivity contribution >= 4 is 45.2 Å². The average molecular weight is 398 g/mol. The van der Waals surface area contributed by atoms with Gasteiger partial charge in [-0.15, -0.1) is 0 Å². The number of rotatable bonds is 3. The summed E-state index contributed by atoms with van der Waals surface area (Å²) >= 11 is 8.32. The molecule has 1 atom stereocenters. The smallest absolute Gasteiger partial charge is 0.134 e. The molecule has 0 saturated carbocycles. The van der Waals surface area contributed by atoms with E-state index in [0.717, 1.165) is 21.8 Å². The fraction of sp³-hybridized carbons (Fsp3) is 0.125. The lowest BCUT2D eigenvalue weighted by Gasteiger charge is -2.13. The fourth-order valence-electron chi connectivity index (χ4n) is 2.31. The largest absolute Gasteiger partial charge is 0.459 e. The van der Waals surface area contributed by atoms with E-state index in [0.29, 0.717) is 0 Å². The molecule has 1 N–H and O–H groups in total. The molecule has 0 aliphatic carbocycles. The molecule has 0 aliphatic rings. The summed E-state index contributed by atoms with van der Waals surface area (Å²) in [5.74, 6) is 0.894. The molecule has 0 amide bonds. The van der Waals surface area contributed by atoms with E-state index in [-0.39, 0.29) is 6.04 Å². The normalized spacial score (nSPS) is 12.8. The molecule has 0 spiro atoms. The molecule has 4 heteroatoms. The number of nitrogens with one attached hydrogen (secondary N) is 1. The van der Waals surface area contributed by atoms with Crippen molar-refractivity contribution in [1.82, 2.24) is 5.32 Å². The molecule has 20 heavy (non-hydrogen) atoms. The number of furan rings is 1. The van der Waals surface area contributed by atoms with Crippen LogP contribution in [0.4, 0.5) is 0 Å². The predicted molar refractivity (Wildman–Crippen MR) is 91.3 cm³/mol. The molecule has 1 heterocycles. The van der Waals surface area contributed by atoms with Gasteiger partial charge >= 0.3 is 0 Å². The van der Waals surface area contributed by atoms with Crippen molar-refractivity contribution in [1.29, 1.82) is 0 Å². The van der Waals surface area contributed by atoms with E-state index in [1.165, 1.54) is 9.13 Å². The standard InChI is InChI=1S/C16H13ClINO/c1-19-16(10-2-5-13(18)6-3-10)15-9-11-8-12(17)4-7-14(11)20-15/h2-9,16,19H,1H3. The van der Waals surface area contributed by atoms with Crippen LogP contribution < -0.4 is 5.32 Å². The first kappa shape index (κ1) is 13.9. The van der Waals surface area contributed by atoms with Crippen molar-refractivity contribution in [2.75, 3.05) is 7.05 Å². The second-order valence-electron chi connectivity index (χ2n) is 4.60. The Kier molecular flexibility index (Phi) is 4.01. The Bertz CT molecular complexity index is 736. The van der Waals surface area contributed by atoms with Crippen LogP contribution in [0.3, 0.4) is 0 Å². The van der Waals surface area contributed by atoms with Gasteiger partial charge in [-0.2, -0.15) is 0 Å². The van der Waals surface area contributed by atoms with Gasteiger partial charge in [-0.3, -0.25) is 0 Å². The van der Waals surface area contributed by atoms with E-state index in [4.69, 9.17) is 16.0 Å². The van der Waals surface area contributed by atoms with Gasteiger partial charge in [-0.05, 0) is 71.6 Å². The summed E-state index contributed by atoms with van der Waals surface area (Å²) < 4.78 is 7.16. The van der Waals surface area contributed by atoms with Crippen LogP contribution in [-0.4, -0.2) is 7.05 Å². The monoisotopic (exact) mass is 397 g/mol. The van der Waals surface area contributed by atoms with Crippen LogP contribution in [-0.2, 0) is 0 Å².